The van der Waals surface area contributed by atoms with Gasteiger partial charge in [0, 0.05) is 31.7 Å². The van der Waals surface area contributed by atoms with Crippen LogP contribution in [0.5, 0.6) is 0 Å². The summed E-state index contributed by atoms with van der Waals surface area (Å²) in [5.41, 5.74) is -1.10. The molecule has 7 atom stereocenters. The van der Waals surface area contributed by atoms with E-state index in [9.17, 15) is 24.3 Å². The third kappa shape index (κ3) is 8.34. The molecule has 0 aliphatic carbocycles. The number of ether oxygens (including phenoxy) is 2. The van der Waals surface area contributed by atoms with E-state index >= 15 is 0 Å². The number of likely N-dealkylation sites (tertiary alicyclic amines) is 1. The fourth-order valence-corrected chi connectivity index (χ4v) is 8.76. The lowest BCUT2D eigenvalue weighted by Crippen LogP contribution is -2.61. The molecule has 1 aromatic rings. The molecule has 2 bridgehead atoms. The average Bonchev–Trinajstić information content (AvgIpc) is 3.69. The Bertz CT molecular complexity index is 1390. The van der Waals surface area contributed by atoms with Gasteiger partial charge in [-0.2, -0.15) is 0 Å². The molecule has 0 aromatic heterocycles. The number of allylic oxidation sites excluding steroid dienone is 1. The minimum atomic E-state index is -1.18. The number of unbranched alkanes of at least 4 members (excludes halogenated alkanes) is 2. The van der Waals surface area contributed by atoms with E-state index in [1.165, 1.54) is 0 Å². The number of rotatable bonds is 18. The van der Waals surface area contributed by atoms with Gasteiger partial charge in [-0.3, -0.25) is 19.2 Å². The third-order valence-corrected chi connectivity index (χ3v) is 10.4. The van der Waals surface area contributed by atoms with E-state index in [4.69, 9.17) is 9.47 Å². The molecule has 3 aliphatic rings. The van der Waals surface area contributed by atoms with Crippen LogP contribution in [0.1, 0.15) is 105 Å². The van der Waals surface area contributed by atoms with E-state index in [2.05, 4.69) is 39.2 Å². The largest absolute Gasteiger partial charge is 0.455 e. The van der Waals surface area contributed by atoms with Crippen molar-refractivity contribution in [1.82, 2.24) is 15.1 Å². The van der Waals surface area contributed by atoms with Crippen LogP contribution in [0, 0.1) is 17.3 Å². The number of aliphatic hydroxyl groups is 1. The van der Waals surface area contributed by atoms with Crippen LogP contribution in [-0.4, -0.2) is 87.6 Å². The van der Waals surface area contributed by atoms with Gasteiger partial charge >= 0.3 is 5.97 Å². The van der Waals surface area contributed by atoms with Crippen LogP contribution in [0.15, 0.2) is 55.6 Å². The predicted octanol–water partition coefficient (Wildman–Crippen LogP) is 5.51. The van der Waals surface area contributed by atoms with Crippen molar-refractivity contribution in [2.45, 2.75) is 128 Å². The van der Waals surface area contributed by atoms with Crippen LogP contribution in [0.2, 0.25) is 0 Å². The molecule has 3 aliphatic heterocycles. The molecule has 3 saturated heterocycles. The second-order valence-electron chi connectivity index (χ2n) is 16.1. The summed E-state index contributed by atoms with van der Waals surface area (Å²) >= 11 is 0. The molecule has 0 radical (unpaired) electrons. The fourth-order valence-electron chi connectivity index (χ4n) is 8.76. The van der Waals surface area contributed by atoms with E-state index in [0.29, 0.717) is 57.2 Å². The van der Waals surface area contributed by atoms with Crippen LogP contribution < -0.4 is 5.32 Å². The summed E-state index contributed by atoms with van der Waals surface area (Å²) in [6.45, 7) is 20.6. The Morgan fingerprint density at radius 3 is 2.44 bits per heavy atom. The molecule has 3 heterocycles. The summed E-state index contributed by atoms with van der Waals surface area (Å²) < 4.78 is 13.0. The number of hydrogen-bond acceptors (Lipinski definition) is 7. The van der Waals surface area contributed by atoms with Gasteiger partial charge in [-0.1, -0.05) is 63.3 Å². The highest BCUT2D eigenvalue weighted by Gasteiger charge is 2.75. The maximum Gasteiger partial charge on any atom is 0.313 e. The predicted molar refractivity (Wildman–Crippen MR) is 193 cm³/mol. The fraction of sp³-hybridized carbons (Fsp3) is 0.650. The van der Waals surface area contributed by atoms with Gasteiger partial charge in [0.1, 0.15) is 17.7 Å². The van der Waals surface area contributed by atoms with Gasteiger partial charge in [0.25, 0.3) is 0 Å². The highest BCUT2D eigenvalue weighted by molar-refractivity contribution is 5.98. The van der Waals surface area contributed by atoms with Gasteiger partial charge in [0.15, 0.2) is 0 Å². The molecular formula is C40H59N3O7. The minimum absolute atomic E-state index is 0.0470. The monoisotopic (exact) mass is 693 g/mol. The summed E-state index contributed by atoms with van der Waals surface area (Å²) in [7, 11) is 0. The molecule has 0 saturated carbocycles. The first-order chi connectivity index (χ1) is 23.6. The van der Waals surface area contributed by atoms with Gasteiger partial charge in [-0.05, 0) is 76.7 Å². The summed E-state index contributed by atoms with van der Waals surface area (Å²) in [5.74, 6) is -3.01. The topological polar surface area (TPSA) is 125 Å². The number of carbonyl (C=O) groups is 4. The average molecular weight is 694 g/mol. The van der Waals surface area contributed by atoms with Gasteiger partial charge < -0.3 is 29.7 Å². The Balaban J connectivity index is 1.69. The molecule has 10 heteroatoms. The lowest BCUT2D eigenvalue weighted by molar-refractivity contribution is -0.162. The van der Waals surface area contributed by atoms with Crippen molar-refractivity contribution >= 4 is 23.7 Å². The van der Waals surface area contributed by atoms with E-state index < -0.39 is 53.2 Å². The number of fused-ring (bicyclic) bond motifs is 1. The van der Waals surface area contributed by atoms with Crippen molar-refractivity contribution in [3.8, 4) is 0 Å². The highest BCUT2D eigenvalue weighted by atomic mass is 16.6. The molecular weight excluding hydrogens is 634 g/mol. The zero-order valence-corrected chi connectivity index (χ0v) is 31.0. The number of esters is 1. The molecule has 3 amide bonds. The summed E-state index contributed by atoms with van der Waals surface area (Å²) in [6, 6.07) is 7.79. The number of carbonyl (C=O) groups excluding carboxylic acids is 4. The van der Waals surface area contributed by atoms with Crippen LogP contribution in [0.25, 0.3) is 0 Å². The second kappa shape index (κ2) is 16.2. The third-order valence-electron chi connectivity index (χ3n) is 10.4. The Morgan fingerprint density at radius 2 is 1.82 bits per heavy atom. The summed E-state index contributed by atoms with van der Waals surface area (Å²) in [5, 5.41) is 12.4. The number of aliphatic hydroxyl groups excluding tert-OH is 1. The molecule has 0 unspecified atom stereocenters. The summed E-state index contributed by atoms with van der Waals surface area (Å²) in [4.78, 5) is 60.0. The van der Waals surface area contributed by atoms with E-state index in [1.807, 2.05) is 49.1 Å². The number of nitrogens with zero attached hydrogens (tertiary/aromatic N) is 2. The van der Waals surface area contributed by atoms with Crippen LogP contribution in [0.3, 0.4) is 0 Å². The van der Waals surface area contributed by atoms with Gasteiger partial charge in [-0.25, -0.2) is 0 Å². The molecule has 276 valence electrons. The first-order valence-corrected chi connectivity index (χ1v) is 18.3. The van der Waals surface area contributed by atoms with Crippen molar-refractivity contribution in [3.63, 3.8) is 0 Å². The maximum atomic E-state index is 14.9. The lowest BCUT2D eigenvalue weighted by atomic mass is 9.70. The minimum Gasteiger partial charge on any atom is -0.455 e. The number of benzene rings is 1. The molecule has 4 rings (SSSR count). The van der Waals surface area contributed by atoms with Crippen molar-refractivity contribution in [2.75, 3.05) is 19.7 Å². The molecule has 10 nitrogen and oxygen atoms in total. The Morgan fingerprint density at radius 1 is 1.12 bits per heavy atom. The van der Waals surface area contributed by atoms with Gasteiger partial charge in [-0.15, -0.1) is 13.2 Å². The Labute approximate surface area is 298 Å². The molecule has 1 aromatic carbocycles. The van der Waals surface area contributed by atoms with Crippen molar-refractivity contribution in [1.29, 1.82) is 0 Å². The van der Waals surface area contributed by atoms with Crippen molar-refractivity contribution in [2.24, 2.45) is 17.3 Å². The first kappa shape index (κ1) is 39.3. The smallest absolute Gasteiger partial charge is 0.313 e. The van der Waals surface area contributed by atoms with Crippen LogP contribution in [0.4, 0.5) is 0 Å². The molecule has 2 N–H and O–H groups in total. The summed E-state index contributed by atoms with van der Waals surface area (Å²) in [6.07, 6.45) is 6.38. The number of amides is 3. The van der Waals surface area contributed by atoms with Crippen molar-refractivity contribution in [3.05, 3.63) is 61.2 Å². The maximum absolute atomic E-state index is 14.9. The molecule has 3 fully saturated rings. The highest BCUT2D eigenvalue weighted by Crippen LogP contribution is 2.59. The van der Waals surface area contributed by atoms with E-state index in [1.54, 1.807) is 24.0 Å². The van der Waals surface area contributed by atoms with Gasteiger partial charge in [0.05, 0.1) is 24.0 Å². The Kier molecular flexibility index (Phi) is 12.8. The Hall–Kier alpha value is -3.50. The second-order valence-corrected chi connectivity index (χ2v) is 16.1. The molecule has 50 heavy (non-hydrogen) atoms. The van der Waals surface area contributed by atoms with Crippen LogP contribution in [-0.2, 0) is 28.7 Å². The molecule has 1 spiro atoms. The number of hydrogen-bond donors (Lipinski definition) is 2. The van der Waals surface area contributed by atoms with E-state index in [0.717, 1.165) is 6.42 Å². The van der Waals surface area contributed by atoms with Crippen molar-refractivity contribution < 1.29 is 33.8 Å². The van der Waals surface area contributed by atoms with Crippen LogP contribution >= 0.6 is 0 Å². The SMILES string of the molecule is C=CCCC(=O)N[C@@H](C)[C@H](OC(=O)[C@@H]1[C@H]2C(=O)N(CCCCCO)[C@H](C(=O)N(CC=C)C(C)(C)CC(C)(C)C)[C@]23CC[C@H]1O3)c1ccccc1. The normalized spacial score (nSPS) is 25.5. The lowest BCUT2D eigenvalue weighted by Gasteiger charge is -2.45. The van der Waals surface area contributed by atoms with Gasteiger partial charge in [0.2, 0.25) is 17.7 Å². The zero-order valence-electron chi connectivity index (χ0n) is 31.0. The van der Waals surface area contributed by atoms with E-state index in [-0.39, 0.29) is 36.2 Å². The quantitative estimate of drug-likeness (QED) is 0.118. The number of nitrogens with one attached hydrogen (secondary N) is 1. The standard InChI is InChI=1S/C40H59N3O7/c1-9-11-20-30(45)41-27(3)33(28-18-14-12-15-19-28)49-37(48)31-29-21-22-40(50-29)32(31)35(46)42(24-16-13-17-25-44)34(40)36(47)43(23-10-2)39(7,8)26-38(4,5)6/h9-10,12,14-15,18-19,27,29,31-34,44H,1-2,11,13,16-17,20-26H2,3-8H3,(H,41,45)/t27-,29+,31-,32-,33-,34+,40-/m0/s1. The first-order valence-electron chi connectivity index (χ1n) is 18.3. The zero-order chi connectivity index (χ0) is 36.9.